The Kier molecular flexibility index (Phi) is 5.56. The van der Waals surface area contributed by atoms with E-state index in [2.05, 4.69) is 10.9 Å². The molecular weight excluding hydrogens is 344 g/mol. The van der Waals surface area contributed by atoms with Gasteiger partial charge in [-0.1, -0.05) is 30.3 Å². The van der Waals surface area contributed by atoms with Gasteiger partial charge in [0.25, 0.3) is 5.91 Å². The van der Waals surface area contributed by atoms with Gasteiger partial charge in [-0.25, -0.2) is 0 Å². The van der Waals surface area contributed by atoms with Crippen molar-refractivity contribution >= 4 is 11.8 Å². The number of aryl methyl sites for hydroxylation is 1. The highest BCUT2D eigenvalue weighted by Gasteiger charge is 2.14. The molecule has 0 fully saturated rings. The van der Waals surface area contributed by atoms with Crippen LogP contribution in [0.15, 0.2) is 65.1 Å². The highest BCUT2D eigenvalue weighted by atomic mass is 16.5. The number of nitrogens with one attached hydrogen (secondary N) is 2. The molecule has 0 saturated heterocycles. The van der Waals surface area contributed by atoms with Gasteiger partial charge < -0.3 is 9.15 Å². The zero-order chi connectivity index (χ0) is 19.2. The quantitative estimate of drug-likeness (QED) is 0.679. The molecule has 0 atom stereocenters. The van der Waals surface area contributed by atoms with E-state index in [0.29, 0.717) is 17.1 Å². The summed E-state index contributed by atoms with van der Waals surface area (Å²) in [6, 6.07) is 17.9. The third-order valence-corrected chi connectivity index (χ3v) is 4.15. The molecular formula is C21H20N2O4. The zero-order valence-electron chi connectivity index (χ0n) is 15.1. The van der Waals surface area contributed by atoms with Crippen molar-refractivity contribution in [1.29, 1.82) is 0 Å². The summed E-state index contributed by atoms with van der Waals surface area (Å²) in [5.74, 6) is 0.372. The zero-order valence-corrected chi connectivity index (χ0v) is 15.1. The maximum atomic E-state index is 12.2. The molecule has 0 saturated carbocycles. The van der Waals surface area contributed by atoms with E-state index in [1.54, 1.807) is 18.2 Å². The number of carbonyl (C=O) groups is 2. The largest absolute Gasteiger partial charge is 0.486 e. The Hall–Kier alpha value is -3.54. The number of carbonyl (C=O) groups excluding carboxylic acids is 2. The molecule has 0 aliphatic rings. The van der Waals surface area contributed by atoms with Gasteiger partial charge in [0, 0.05) is 5.56 Å². The average molecular weight is 364 g/mol. The first kappa shape index (κ1) is 18.3. The molecule has 2 amide bonds. The molecule has 6 heteroatoms. The summed E-state index contributed by atoms with van der Waals surface area (Å²) < 4.78 is 11.0. The summed E-state index contributed by atoms with van der Waals surface area (Å²) >= 11 is 0. The molecule has 2 N–H and O–H groups in total. The first-order chi connectivity index (χ1) is 13.0. The fourth-order valence-electron chi connectivity index (χ4n) is 2.49. The van der Waals surface area contributed by atoms with Crippen LogP contribution in [0.1, 0.15) is 37.8 Å². The number of rotatable bonds is 5. The maximum absolute atomic E-state index is 12.2. The first-order valence-corrected chi connectivity index (χ1v) is 8.48. The predicted molar refractivity (Wildman–Crippen MR) is 100 cm³/mol. The van der Waals surface area contributed by atoms with Crippen molar-refractivity contribution in [2.45, 2.75) is 20.5 Å². The monoisotopic (exact) mass is 364 g/mol. The van der Waals surface area contributed by atoms with Crippen molar-refractivity contribution in [3.63, 3.8) is 0 Å². The lowest BCUT2D eigenvalue weighted by Crippen LogP contribution is -2.41. The summed E-state index contributed by atoms with van der Waals surface area (Å²) in [6.07, 6.45) is 0. The number of hydrogen-bond acceptors (Lipinski definition) is 4. The molecule has 0 unspecified atom stereocenters. The molecule has 6 nitrogen and oxygen atoms in total. The van der Waals surface area contributed by atoms with E-state index in [1.807, 2.05) is 50.2 Å². The van der Waals surface area contributed by atoms with Gasteiger partial charge in [0.2, 0.25) is 0 Å². The van der Waals surface area contributed by atoms with Crippen LogP contribution < -0.4 is 15.6 Å². The van der Waals surface area contributed by atoms with Gasteiger partial charge in [0.1, 0.15) is 18.1 Å². The fraction of sp³-hybridized carbons (Fsp3) is 0.143. The highest BCUT2D eigenvalue weighted by molar-refractivity contribution is 5.99. The van der Waals surface area contributed by atoms with Crippen molar-refractivity contribution in [3.05, 3.63) is 88.9 Å². The van der Waals surface area contributed by atoms with Crippen LogP contribution in [0.3, 0.4) is 0 Å². The molecule has 0 bridgehead atoms. The number of para-hydroxylation sites is 1. The van der Waals surface area contributed by atoms with Crippen LogP contribution in [-0.2, 0) is 6.61 Å². The standard InChI is InChI=1S/C21H20N2O4/c1-14-7-6-10-18(15(14)2)20(24)22-23-21(25)19-12-11-17(27-19)13-26-16-8-4-3-5-9-16/h3-12H,13H2,1-2H3,(H,22,24)(H,23,25). The molecule has 138 valence electrons. The minimum absolute atomic E-state index is 0.0860. The van der Waals surface area contributed by atoms with Crippen LogP contribution >= 0.6 is 0 Å². The Bertz CT molecular complexity index is 948. The summed E-state index contributed by atoms with van der Waals surface area (Å²) in [5.41, 5.74) is 7.13. The Morgan fingerprint density at radius 2 is 1.63 bits per heavy atom. The Morgan fingerprint density at radius 1 is 0.889 bits per heavy atom. The number of hydrogen-bond donors (Lipinski definition) is 2. The minimum atomic E-state index is -0.542. The Labute approximate surface area is 157 Å². The van der Waals surface area contributed by atoms with Crippen LogP contribution in [0.4, 0.5) is 0 Å². The second-order valence-electron chi connectivity index (χ2n) is 6.02. The molecule has 0 aliphatic carbocycles. The fourth-order valence-corrected chi connectivity index (χ4v) is 2.49. The number of ether oxygens (including phenoxy) is 1. The lowest BCUT2D eigenvalue weighted by atomic mass is 10.0. The summed E-state index contributed by atoms with van der Waals surface area (Å²) in [6.45, 7) is 3.98. The van der Waals surface area contributed by atoms with E-state index >= 15 is 0 Å². The average Bonchev–Trinajstić information content (AvgIpc) is 3.16. The van der Waals surface area contributed by atoms with Crippen LogP contribution in [-0.4, -0.2) is 11.8 Å². The molecule has 0 radical (unpaired) electrons. The molecule has 3 rings (SSSR count). The molecule has 2 aromatic carbocycles. The second kappa shape index (κ2) is 8.23. The van der Waals surface area contributed by atoms with Crippen LogP contribution in [0.2, 0.25) is 0 Å². The van der Waals surface area contributed by atoms with E-state index in [0.717, 1.165) is 11.1 Å². The summed E-state index contributed by atoms with van der Waals surface area (Å²) in [4.78, 5) is 24.4. The second-order valence-corrected chi connectivity index (χ2v) is 6.02. The van der Waals surface area contributed by atoms with E-state index in [4.69, 9.17) is 9.15 Å². The molecule has 1 aromatic heterocycles. The number of hydrazine groups is 1. The normalized spacial score (nSPS) is 10.3. The lowest BCUT2D eigenvalue weighted by molar-refractivity contribution is 0.0828. The van der Waals surface area contributed by atoms with Crippen LogP contribution in [0, 0.1) is 13.8 Å². The van der Waals surface area contributed by atoms with Crippen molar-refractivity contribution in [2.75, 3.05) is 0 Å². The van der Waals surface area contributed by atoms with E-state index < -0.39 is 5.91 Å². The Morgan fingerprint density at radius 3 is 2.41 bits per heavy atom. The highest BCUT2D eigenvalue weighted by Crippen LogP contribution is 2.14. The van der Waals surface area contributed by atoms with Gasteiger partial charge in [-0.3, -0.25) is 20.4 Å². The number of amides is 2. The summed E-state index contributed by atoms with van der Waals surface area (Å²) in [7, 11) is 0. The number of benzene rings is 2. The van der Waals surface area contributed by atoms with Gasteiger partial charge in [-0.2, -0.15) is 0 Å². The molecule has 1 heterocycles. The van der Waals surface area contributed by atoms with Crippen molar-refractivity contribution in [3.8, 4) is 5.75 Å². The first-order valence-electron chi connectivity index (χ1n) is 8.48. The third kappa shape index (κ3) is 4.55. The molecule has 0 spiro atoms. The minimum Gasteiger partial charge on any atom is -0.486 e. The molecule has 27 heavy (non-hydrogen) atoms. The van der Waals surface area contributed by atoms with E-state index in [-0.39, 0.29) is 18.3 Å². The predicted octanol–water partition coefficient (Wildman–Crippen LogP) is 3.55. The number of furan rings is 1. The van der Waals surface area contributed by atoms with Crippen LogP contribution in [0.25, 0.3) is 0 Å². The van der Waals surface area contributed by atoms with Crippen molar-refractivity contribution < 1.29 is 18.7 Å². The van der Waals surface area contributed by atoms with E-state index in [9.17, 15) is 9.59 Å². The van der Waals surface area contributed by atoms with Gasteiger partial charge >= 0.3 is 5.91 Å². The van der Waals surface area contributed by atoms with Gasteiger partial charge in [0.05, 0.1) is 0 Å². The Balaban J connectivity index is 1.55. The lowest BCUT2D eigenvalue weighted by Gasteiger charge is -2.09. The van der Waals surface area contributed by atoms with Crippen molar-refractivity contribution in [2.24, 2.45) is 0 Å². The van der Waals surface area contributed by atoms with Gasteiger partial charge in [-0.15, -0.1) is 0 Å². The van der Waals surface area contributed by atoms with Gasteiger partial charge in [0.15, 0.2) is 5.76 Å². The summed E-state index contributed by atoms with van der Waals surface area (Å²) in [5, 5.41) is 0. The third-order valence-electron chi connectivity index (χ3n) is 4.15. The van der Waals surface area contributed by atoms with E-state index in [1.165, 1.54) is 6.07 Å². The maximum Gasteiger partial charge on any atom is 0.305 e. The van der Waals surface area contributed by atoms with Crippen molar-refractivity contribution in [1.82, 2.24) is 10.9 Å². The molecule has 3 aromatic rings. The smallest absolute Gasteiger partial charge is 0.305 e. The topological polar surface area (TPSA) is 80.6 Å². The van der Waals surface area contributed by atoms with Crippen LogP contribution in [0.5, 0.6) is 5.75 Å². The SMILES string of the molecule is Cc1cccc(C(=O)NNC(=O)c2ccc(COc3ccccc3)o2)c1C. The van der Waals surface area contributed by atoms with Gasteiger partial charge in [-0.05, 0) is 55.3 Å². The molecule has 0 aliphatic heterocycles.